The Labute approximate surface area is 81.7 Å². The van der Waals surface area contributed by atoms with Crippen molar-refractivity contribution in [3.63, 3.8) is 0 Å². The maximum Gasteiger partial charge on any atom is 0.150 e. The van der Waals surface area contributed by atoms with Gasteiger partial charge in [0.05, 0.1) is 7.11 Å². The molecule has 1 unspecified atom stereocenters. The van der Waals surface area contributed by atoms with Gasteiger partial charge in [0.1, 0.15) is 17.7 Å². The van der Waals surface area contributed by atoms with Crippen LogP contribution in [0.25, 0.3) is 0 Å². The van der Waals surface area contributed by atoms with Crippen LogP contribution in [0.3, 0.4) is 0 Å². The van der Waals surface area contributed by atoms with Crippen molar-refractivity contribution in [3.05, 3.63) is 23.1 Å². The van der Waals surface area contributed by atoms with Gasteiger partial charge in [-0.1, -0.05) is 0 Å². The minimum absolute atomic E-state index is 0.239. The first-order chi connectivity index (χ1) is 6.67. The van der Waals surface area contributed by atoms with E-state index in [1.807, 2.05) is 0 Å². The van der Waals surface area contributed by atoms with Crippen LogP contribution in [0.5, 0.6) is 5.75 Å². The first-order valence-electron chi connectivity index (χ1n) is 4.13. The lowest BCUT2D eigenvalue weighted by Gasteiger charge is -2.10. The molecule has 0 amide bonds. The molecule has 0 radical (unpaired) electrons. The average Bonchev–Trinajstić information content (AvgIpc) is 2.16. The molecule has 0 aromatic heterocycles. The van der Waals surface area contributed by atoms with Gasteiger partial charge in [0.25, 0.3) is 0 Å². The van der Waals surface area contributed by atoms with Crippen LogP contribution in [0.15, 0.2) is 23.4 Å². The van der Waals surface area contributed by atoms with Crippen molar-refractivity contribution in [2.45, 2.75) is 13.2 Å². The summed E-state index contributed by atoms with van der Waals surface area (Å²) in [7, 11) is 1.45. The molecule has 0 aliphatic carbocycles. The monoisotopic (exact) mass is 196 g/mol. The van der Waals surface area contributed by atoms with E-state index in [0.717, 1.165) is 0 Å². The van der Waals surface area contributed by atoms with E-state index in [0.29, 0.717) is 11.4 Å². The number of ether oxygens (including phenoxy) is 1. The Balaban J connectivity index is 2.95. The molecular formula is C9H12N2O3. The van der Waals surface area contributed by atoms with Gasteiger partial charge in [0, 0.05) is 11.8 Å². The molecular weight excluding hydrogens is 184 g/mol. The summed E-state index contributed by atoms with van der Waals surface area (Å²) in [6.45, 7) is 1.60. The van der Waals surface area contributed by atoms with E-state index in [4.69, 9.17) is 9.84 Å². The lowest BCUT2D eigenvalue weighted by molar-refractivity contribution is 0.224. The Morgan fingerprint density at radius 2 is 2.29 bits per heavy atom. The Bertz CT molecular complexity index is 326. The zero-order valence-corrected chi connectivity index (χ0v) is 8.02. The summed E-state index contributed by atoms with van der Waals surface area (Å²) in [6.07, 6.45) is -0.658. The number of hydrogen-bond acceptors (Lipinski definition) is 5. The van der Waals surface area contributed by atoms with Gasteiger partial charge in [0.2, 0.25) is 0 Å². The molecule has 76 valence electrons. The number of aliphatic hydroxyl groups is 1. The molecule has 0 aliphatic heterocycles. The number of rotatable bonds is 4. The molecule has 0 bridgehead atoms. The van der Waals surface area contributed by atoms with E-state index in [-0.39, 0.29) is 5.69 Å². The van der Waals surface area contributed by atoms with E-state index in [1.54, 1.807) is 19.1 Å². The van der Waals surface area contributed by atoms with Gasteiger partial charge in [0.15, 0.2) is 0 Å². The molecule has 0 aliphatic rings. The fourth-order valence-electron chi connectivity index (χ4n) is 1.08. The summed E-state index contributed by atoms with van der Waals surface area (Å²) in [4.78, 5) is 10.3. The lowest BCUT2D eigenvalue weighted by Crippen LogP contribution is -2.13. The molecule has 1 rings (SSSR count). The fraction of sp³-hybridized carbons (Fsp3) is 0.333. The lowest BCUT2D eigenvalue weighted by atomic mass is 10.2. The molecule has 0 fully saturated rings. The van der Waals surface area contributed by atoms with Crippen molar-refractivity contribution < 1.29 is 9.84 Å². The molecule has 1 aromatic carbocycles. The van der Waals surface area contributed by atoms with Crippen LogP contribution in [-0.4, -0.2) is 18.4 Å². The minimum atomic E-state index is -0.658. The fourth-order valence-corrected chi connectivity index (χ4v) is 1.08. The van der Waals surface area contributed by atoms with Crippen LogP contribution >= 0.6 is 0 Å². The first-order valence-corrected chi connectivity index (χ1v) is 4.13. The van der Waals surface area contributed by atoms with E-state index in [1.165, 1.54) is 13.2 Å². The Hall–Kier alpha value is -1.62. The highest BCUT2D eigenvalue weighted by atomic mass is 16.5. The van der Waals surface area contributed by atoms with Crippen LogP contribution in [0.1, 0.15) is 6.92 Å². The third kappa shape index (κ3) is 2.43. The number of methoxy groups -OCH3 is 1. The molecule has 0 spiro atoms. The Morgan fingerprint density at radius 1 is 1.57 bits per heavy atom. The molecule has 0 saturated heterocycles. The van der Waals surface area contributed by atoms with Crippen LogP contribution in [-0.2, 0) is 0 Å². The zero-order chi connectivity index (χ0) is 10.6. The number of nitroso groups, excluding NO2 is 1. The van der Waals surface area contributed by atoms with Crippen molar-refractivity contribution in [2.75, 3.05) is 12.4 Å². The van der Waals surface area contributed by atoms with E-state index in [2.05, 4.69) is 10.5 Å². The van der Waals surface area contributed by atoms with Gasteiger partial charge in [-0.2, -0.15) is 0 Å². The smallest absolute Gasteiger partial charge is 0.150 e. The van der Waals surface area contributed by atoms with Crippen molar-refractivity contribution >= 4 is 11.4 Å². The minimum Gasteiger partial charge on any atom is -0.494 e. The number of nitrogens with zero attached hydrogens (tertiary/aromatic N) is 1. The second-order valence-electron chi connectivity index (χ2n) is 2.80. The van der Waals surface area contributed by atoms with Crippen LogP contribution in [0.4, 0.5) is 11.4 Å². The van der Waals surface area contributed by atoms with Crippen molar-refractivity contribution in [3.8, 4) is 5.75 Å². The number of anilines is 1. The summed E-state index contributed by atoms with van der Waals surface area (Å²) in [5, 5.41) is 14.6. The molecule has 1 atom stereocenters. The molecule has 0 saturated carbocycles. The predicted molar refractivity (Wildman–Crippen MR) is 53.8 cm³/mol. The highest BCUT2D eigenvalue weighted by Gasteiger charge is 2.05. The predicted octanol–water partition coefficient (Wildman–Crippen LogP) is 1.84. The standard InChI is InChI=1S/C9H12N2O3/c1-6(12)10-7-3-4-8(11-13)9(5-7)14-2/h3-6,10,12H,1-2H3. The normalized spacial score (nSPS) is 11.9. The third-order valence-corrected chi connectivity index (χ3v) is 1.65. The summed E-state index contributed by atoms with van der Waals surface area (Å²) in [5.41, 5.74) is 0.910. The number of nitrogens with one attached hydrogen (secondary N) is 1. The largest absolute Gasteiger partial charge is 0.494 e. The van der Waals surface area contributed by atoms with E-state index < -0.39 is 6.23 Å². The number of hydrogen-bond donors (Lipinski definition) is 2. The van der Waals surface area contributed by atoms with Crippen molar-refractivity contribution in [1.82, 2.24) is 0 Å². The Kier molecular flexibility index (Phi) is 3.41. The highest BCUT2D eigenvalue weighted by Crippen LogP contribution is 2.30. The second-order valence-corrected chi connectivity index (χ2v) is 2.80. The first kappa shape index (κ1) is 10.5. The SMILES string of the molecule is COc1cc(NC(C)O)ccc1N=O. The summed E-state index contributed by atoms with van der Waals surface area (Å²) in [5.74, 6) is 0.380. The molecule has 14 heavy (non-hydrogen) atoms. The van der Waals surface area contributed by atoms with Crippen molar-refractivity contribution in [2.24, 2.45) is 5.18 Å². The van der Waals surface area contributed by atoms with Crippen molar-refractivity contribution in [1.29, 1.82) is 0 Å². The molecule has 1 aromatic rings. The average molecular weight is 196 g/mol. The zero-order valence-electron chi connectivity index (χ0n) is 8.02. The summed E-state index contributed by atoms with van der Waals surface area (Å²) < 4.78 is 4.94. The highest BCUT2D eigenvalue weighted by molar-refractivity contribution is 5.60. The van der Waals surface area contributed by atoms with Gasteiger partial charge in [-0.15, -0.1) is 4.91 Å². The van der Waals surface area contributed by atoms with E-state index in [9.17, 15) is 4.91 Å². The number of aliphatic hydroxyl groups excluding tert-OH is 1. The Morgan fingerprint density at radius 3 is 2.79 bits per heavy atom. The second kappa shape index (κ2) is 4.57. The molecule has 0 heterocycles. The topological polar surface area (TPSA) is 70.9 Å². The maximum absolute atomic E-state index is 10.3. The van der Waals surface area contributed by atoms with Crippen LogP contribution < -0.4 is 10.1 Å². The van der Waals surface area contributed by atoms with Gasteiger partial charge in [-0.05, 0) is 24.2 Å². The maximum atomic E-state index is 10.3. The van der Waals surface area contributed by atoms with Gasteiger partial charge < -0.3 is 15.2 Å². The number of benzene rings is 1. The van der Waals surface area contributed by atoms with Gasteiger partial charge in [-0.25, -0.2) is 0 Å². The van der Waals surface area contributed by atoms with Crippen LogP contribution in [0.2, 0.25) is 0 Å². The summed E-state index contributed by atoms with van der Waals surface area (Å²) >= 11 is 0. The van der Waals surface area contributed by atoms with Gasteiger partial charge >= 0.3 is 0 Å². The van der Waals surface area contributed by atoms with Gasteiger partial charge in [-0.3, -0.25) is 0 Å². The molecule has 2 N–H and O–H groups in total. The quantitative estimate of drug-likeness (QED) is 0.569. The molecule has 5 heteroatoms. The van der Waals surface area contributed by atoms with Crippen LogP contribution in [0, 0.1) is 4.91 Å². The molecule has 5 nitrogen and oxygen atoms in total. The third-order valence-electron chi connectivity index (χ3n) is 1.65. The van der Waals surface area contributed by atoms with E-state index >= 15 is 0 Å². The summed E-state index contributed by atoms with van der Waals surface area (Å²) in [6, 6.07) is 4.77.